The number of phenols is 1. The molecule has 1 aromatic rings. The predicted octanol–water partition coefficient (Wildman–Crippen LogP) is 2.44. The molecule has 0 radical (unpaired) electrons. The minimum Gasteiger partial charge on any atom is -0.505 e. The van der Waals surface area contributed by atoms with E-state index in [1.807, 2.05) is 0 Å². The van der Waals surface area contributed by atoms with Crippen LogP contribution in [-0.4, -0.2) is 24.1 Å². The fraction of sp³-hybridized carbons (Fsp3) is 0.200. The van der Waals surface area contributed by atoms with Crippen LogP contribution in [-0.2, 0) is 9.53 Å². The van der Waals surface area contributed by atoms with Gasteiger partial charge >= 0.3 is 5.97 Å². The molecule has 92 valence electrons. The zero-order valence-electron chi connectivity index (χ0n) is 9.01. The van der Waals surface area contributed by atoms with Gasteiger partial charge in [-0.25, -0.2) is 4.79 Å². The molecule has 0 saturated heterocycles. The van der Waals surface area contributed by atoms with E-state index in [0.29, 0.717) is 0 Å². The molecule has 1 rings (SSSR count). The molecule has 0 aliphatic carbocycles. The largest absolute Gasteiger partial charge is 0.505 e. The number of methoxy groups -OCH3 is 1. The molecular formula is C10H9Cl2NO4. The summed E-state index contributed by atoms with van der Waals surface area (Å²) in [6, 6.07) is 1.17. The van der Waals surface area contributed by atoms with Crippen LogP contribution in [0.25, 0.3) is 0 Å². The standard InChI is InChI=1S/C10H9Cl2NO4/c1-4(14)13-8-6(11)3-5(10(16)17-2)9(15)7(8)12/h3,15H,1-2H3,(H,13,14). The number of benzene rings is 1. The molecule has 17 heavy (non-hydrogen) atoms. The molecular weight excluding hydrogens is 269 g/mol. The van der Waals surface area contributed by atoms with E-state index >= 15 is 0 Å². The van der Waals surface area contributed by atoms with Gasteiger partial charge in [-0.15, -0.1) is 0 Å². The Labute approximate surface area is 107 Å². The Balaban J connectivity index is 3.36. The molecule has 1 aromatic carbocycles. The van der Waals surface area contributed by atoms with Crippen LogP contribution < -0.4 is 5.32 Å². The Morgan fingerprint density at radius 1 is 1.41 bits per heavy atom. The van der Waals surface area contributed by atoms with Gasteiger partial charge in [0.2, 0.25) is 5.91 Å². The van der Waals surface area contributed by atoms with E-state index in [2.05, 4.69) is 10.1 Å². The predicted molar refractivity (Wildman–Crippen MR) is 63.8 cm³/mol. The summed E-state index contributed by atoms with van der Waals surface area (Å²) in [5.41, 5.74) is -0.123. The van der Waals surface area contributed by atoms with Gasteiger partial charge in [-0.3, -0.25) is 4.79 Å². The summed E-state index contributed by atoms with van der Waals surface area (Å²) in [4.78, 5) is 22.2. The minimum absolute atomic E-state index is 0.0309. The van der Waals surface area contributed by atoms with E-state index in [1.54, 1.807) is 0 Å². The number of rotatable bonds is 2. The molecule has 0 atom stereocenters. The topological polar surface area (TPSA) is 75.6 Å². The molecule has 0 spiro atoms. The fourth-order valence-corrected chi connectivity index (χ4v) is 1.71. The highest BCUT2D eigenvalue weighted by Gasteiger charge is 2.20. The third-order valence-corrected chi connectivity index (χ3v) is 2.56. The highest BCUT2D eigenvalue weighted by atomic mass is 35.5. The van der Waals surface area contributed by atoms with E-state index < -0.39 is 17.6 Å². The van der Waals surface area contributed by atoms with Crippen LogP contribution in [0, 0.1) is 0 Å². The maximum Gasteiger partial charge on any atom is 0.341 e. The average Bonchev–Trinajstić information content (AvgIpc) is 2.28. The summed E-state index contributed by atoms with van der Waals surface area (Å²) in [5.74, 6) is -1.67. The molecule has 7 heteroatoms. The van der Waals surface area contributed by atoms with Gasteiger partial charge in [0.15, 0.2) is 5.75 Å². The molecule has 0 saturated carbocycles. The number of anilines is 1. The highest BCUT2D eigenvalue weighted by molar-refractivity contribution is 6.41. The lowest BCUT2D eigenvalue weighted by molar-refractivity contribution is -0.114. The van der Waals surface area contributed by atoms with Crippen LogP contribution in [0.3, 0.4) is 0 Å². The molecule has 0 fully saturated rings. The third kappa shape index (κ3) is 2.81. The van der Waals surface area contributed by atoms with Crippen molar-refractivity contribution in [2.24, 2.45) is 0 Å². The SMILES string of the molecule is COC(=O)c1cc(Cl)c(NC(C)=O)c(Cl)c1O. The number of esters is 1. The van der Waals surface area contributed by atoms with Crippen molar-refractivity contribution in [3.8, 4) is 5.75 Å². The lowest BCUT2D eigenvalue weighted by Crippen LogP contribution is -2.09. The highest BCUT2D eigenvalue weighted by Crippen LogP contribution is 2.40. The van der Waals surface area contributed by atoms with Crippen molar-refractivity contribution in [2.45, 2.75) is 6.92 Å². The fourth-order valence-electron chi connectivity index (χ4n) is 1.16. The van der Waals surface area contributed by atoms with Crippen molar-refractivity contribution in [3.05, 3.63) is 21.7 Å². The van der Waals surface area contributed by atoms with E-state index in [0.717, 1.165) is 7.11 Å². The summed E-state index contributed by atoms with van der Waals surface area (Å²) in [5, 5.41) is 11.8. The quantitative estimate of drug-likeness (QED) is 0.815. The number of hydrogen-bond donors (Lipinski definition) is 2. The average molecular weight is 278 g/mol. The number of ether oxygens (including phenoxy) is 1. The second-order valence-electron chi connectivity index (χ2n) is 3.12. The van der Waals surface area contributed by atoms with Gasteiger partial charge in [-0.05, 0) is 6.07 Å². The summed E-state index contributed by atoms with van der Waals surface area (Å²) >= 11 is 11.6. The molecule has 2 N–H and O–H groups in total. The molecule has 0 bridgehead atoms. The van der Waals surface area contributed by atoms with Gasteiger partial charge in [0.25, 0.3) is 0 Å². The summed E-state index contributed by atoms with van der Waals surface area (Å²) in [6.07, 6.45) is 0. The number of aromatic hydroxyl groups is 1. The van der Waals surface area contributed by atoms with Crippen LogP contribution in [0.15, 0.2) is 6.07 Å². The molecule has 1 amide bonds. The van der Waals surface area contributed by atoms with Crippen LogP contribution >= 0.6 is 23.2 Å². The van der Waals surface area contributed by atoms with Crippen molar-refractivity contribution in [3.63, 3.8) is 0 Å². The number of carbonyl (C=O) groups is 2. The Kier molecular flexibility index (Phi) is 4.20. The van der Waals surface area contributed by atoms with Gasteiger partial charge in [0.1, 0.15) is 10.6 Å². The van der Waals surface area contributed by atoms with Gasteiger partial charge in [0, 0.05) is 6.92 Å². The minimum atomic E-state index is -0.777. The van der Waals surface area contributed by atoms with Crippen LogP contribution in [0.4, 0.5) is 5.69 Å². The van der Waals surface area contributed by atoms with Crippen LogP contribution in [0.1, 0.15) is 17.3 Å². The molecule has 0 aromatic heterocycles. The van der Waals surface area contributed by atoms with Crippen LogP contribution in [0.5, 0.6) is 5.75 Å². The third-order valence-electron chi connectivity index (χ3n) is 1.90. The number of nitrogens with one attached hydrogen (secondary N) is 1. The number of hydrogen-bond acceptors (Lipinski definition) is 4. The van der Waals surface area contributed by atoms with Gasteiger partial charge in [-0.1, -0.05) is 23.2 Å². The second kappa shape index (κ2) is 5.25. The Morgan fingerprint density at radius 3 is 2.47 bits per heavy atom. The maximum atomic E-state index is 11.3. The molecule has 0 aliphatic heterocycles. The summed E-state index contributed by atoms with van der Waals surface area (Å²) in [6.45, 7) is 1.26. The van der Waals surface area contributed by atoms with E-state index in [4.69, 9.17) is 23.2 Å². The Hall–Kier alpha value is -1.46. The van der Waals surface area contributed by atoms with Crippen LogP contribution in [0.2, 0.25) is 10.0 Å². The van der Waals surface area contributed by atoms with Gasteiger partial charge < -0.3 is 15.2 Å². The van der Waals surface area contributed by atoms with Crippen molar-refractivity contribution in [2.75, 3.05) is 12.4 Å². The van der Waals surface area contributed by atoms with Crippen molar-refractivity contribution in [1.82, 2.24) is 0 Å². The molecule has 0 aliphatic rings. The van der Waals surface area contributed by atoms with Crippen molar-refractivity contribution in [1.29, 1.82) is 0 Å². The summed E-state index contributed by atoms with van der Waals surface area (Å²) < 4.78 is 4.44. The zero-order valence-corrected chi connectivity index (χ0v) is 10.5. The second-order valence-corrected chi connectivity index (χ2v) is 3.90. The Bertz CT molecular complexity index is 488. The number of phenolic OH excluding ortho intramolecular Hbond substituents is 1. The first-order valence-corrected chi connectivity index (χ1v) is 5.21. The van der Waals surface area contributed by atoms with Crippen molar-refractivity contribution >= 4 is 40.8 Å². The lowest BCUT2D eigenvalue weighted by atomic mass is 10.1. The molecule has 5 nitrogen and oxygen atoms in total. The lowest BCUT2D eigenvalue weighted by Gasteiger charge is -2.11. The smallest absolute Gasteiger partial charge is 0.341 e. The zero-order chi connectivity index (χ0) is 13.2. The number of carbonyl (C=O) groups excluding carboxylic acids is 2. The summed E-state index contributed by atoms with van der Waals surface area (Å²) in [7, 11) is 1.16. The molecule has 0 heterocycles. The normalized spacial score (nSPS) is 9.88. The monoisotopic (exact) mass is 277 g/mol. The van der Waals surface area contributed by atoms with Crippen molar-refractivity contribution < 1.29 is 19.4 Å². The van der Waals surface area contributed by atoms with Gasteiger partial charge in [0.05, 0.1) is 17.8 Å². The van der Waals surface area contributed by atoms with E-state index in [1.165, 1.54) is 13.0 Å². The van der Waals surface area contributed by atoms with E-state index in [9.17, 15) is 14.7 Å². The number of halogens is 2. The first-order chi connectivity index (χ1) is 7.88. The van der Waals surface area contributed by atoms with E-state index in [-0.39, 0.29) is 21.3 Å². The Morgan fingerprint density at radius 2 is 2.00 bits per heavy atom. The first kappa shape index (κ1) is 13.6. The maximum absolute atomic E-state index is 11.3. The number of amides is 1. The molecule has 0 unspecified atom stereocenters. The first-order valence-electron chi connectivity index (χ1n) is 4.45. The van der Waals surface area contributed by atoms with Gasteiger partial charge in [-0.2, -0.15) is 0 Å².